The van der Waals surface area contributed by atoms with Gasteiger partial charge in [0.05, 0.1) is 38.1 Å². The van der Waals surface area contributed by atoms with Gasteiger partial charge in [0, 0.05) is 20.3 Å². The zero-order valence-corrected chi connectivity index (χ0v) is 35.9. The average molecular weight is 967 g/mol. The fourth-order valence-corrected chi connectivity index (χ4v) is 8.26. The van der Waals surface area contributed by atoms with Gasteiger partial charge in [-0.25, -0.2) is 4.79 Å². The normalized spacial score (nSPS) is 47.6. The van der Waals surface area contributed by atoms with Crippen molar-refractivity contribution in [3.63, 3.8) is 0 Å². The smallest absolute Gasteiger partial charge is 0.364 e. The molecule has 382 valence electrons. The molecule has 17 N–H and O–H groups in total. The van der Waals surface area contributed by atoms with Crippen molar-refractivity contribution in [1.82, 2.24) is 10.6 Å². The molecule has 5 fully saturated rings. The molecule has 0 aliphatic carbocycles. The summed E-state index contributed by atoms with van der Waals surface area (Å²) in [6.07, 6.45) is -43.6. The van der Waals surface area contributed by atoms with Crippen LogP contribution in [0.25, 0.3) is 0 Å². The second-order valence-corrected chi connectivity index (χ2v) is 16.8. The highest BCUT2D eigenvalue weighted by Gasteiger charge is 2.59. The maximum atomic E-state index is 13.2. The number of aliphatic carboxylic acids is 1. The summed E-state index contributed by atoms with van der Waals surface area (Å²) in [6.45, 7) is 1.54. The van der Waals surface area contributed by atoms with Gasteiger partial charge in [0.15, 0.2) is 25.2 Å². The Balaban J connectivity index is 1.42. The molecular weight excluding hydrogens is 904 g/mol. The van der Waals surface area contributed by atoms with Crippen LogP contribution < -0.4 is 10.6 Å². The van der Waals surface area contributed by atoms with Gasteiger partial charge < -0.3 is 130 Å². The molecule has 5 aliphatic rings. The van der Waals surface area contributed by atoms with Gasteiger partial charge >= 0.3 is 5.97 Å². The highest BCUT2D eigenvalue weighted by atomic mass is 16.8. The van der Waals surface area contributed by atoms with Gasteiger partial charge in [-0.1, -0.05) is 0 Å². The Kier molecular flexibility index (Phi) is 18.6. The Morgan fingerprint density at radius 2 is 1.21 bits per heavy atom. The molecule has 0 radical (unpaired) electrons. The minimum absolute atomic E-state index is 0.757. The summed E-state index contributed by atoms with van der Waals surface area (Å²) in [5.74, 6) is -6.67. The fourth-order valence-electron chi connectivity index (χ4n) is 8.26. The van der Waals surface area contributed by atoms with Crippen molar-refractivity contribution >= 4 is 17.8 Å². The van der Waals surface area contributed by atoms with Crippen molar-refractivity contribution in [2.45, 2.75) is 193 Å². The molecule has 5 aliphatic heterocycles. The van der Waals surface area contributed by atoms with E-state index in [1.54, 1.807) is 0 Å². The first-order valence-corrected chi connectivity index (χ1v) is 20.9. The van der Waals surface area contributed by atoms with Gasteiger partial charge in [-0.3, -0.25) is 9.59 Å². The number of hydrogen-bond donors (Lipinski definition) is 17. The zero-order valence-electron chi connectivity index (χ0n) is 35.9. The number of carboxylic acids is 1. The average Bonchev–Trinajstić information content (AvgIpc) is 3.26. The molecule has 2 amide bonds. The summed E-state index contributed by atoms with van der Waals surface area (Å²) in [4.78, 5) is 37.5. The Labute approximate surface area is 374 Å². The number of aliphatic hydroxyl groups excluding tert-OH is 14. The Morgan fingerprint density at radius 1 is 0.636 bits per heavy atom. The van der Waals surface area contributed by atoms with E-state index in [-0.39, 0.29) is 0 Å². The van der Waals surface area contributed by atoms with Gasteiger partial charge in [-0.2, -0.15) is 0 Å². The lowest BCUT2D eigenvalue weighted by Crippen LogP contribution is -2.70. The Bertz CT molecular complexity index is 1620. The fraction of sp³-hybridized carbons (Fsp3) is 0.919. The van der Waals surface area contributed by atoms with Crippen LogP contribution in [0.2, 0.25) is 0 Å². The number of aliphatic hydroxyl groups is 14. The third-order valence-electron chi connectivity index (χ3n) is 12.0. The van der Waals surface area contributed by atoms with E-state index >= 15 is 0 Å². The minimum atomic E-state index is -3.10. The molecule has 0 spiro atoms. The van der Waals surface area contributed by atoms with Crippen LogP contribution in [0.15, 0.2) is 0 Å². The van der Waals surface area contributed by atoms with Crippen molar-refractivity contribution in [3.8, 4) is 0 Å². The summed E-state index contributed by atoms with van der Waals surface area (Å²) in [7, 11) is 0. The van der Waals surface area contributed by atoms with Crippen molar-refractivity contribution < 1.29 is 134 Å². The standard InChI is InChI=1S/C37H62N2O27/c1-9-19(45)26(52)27(53)34(59-9)65-30-20(46)10(2)60-35(28(30)54)62-14-5-37(36(56)57,66-31(23(14)49)21(47)13(44)6-40)58-8-16-24(50)29(18(32(55)61-16)39-12(4)43)64-33-17(38-11(3)42)25(51)22(48)15(7-41)63-33/h9-10,13-35,40-41,44-55H,5-8H2,1-4H3,(H,38,42)(H,39,43)(H,56,57)/t9-,10-,13+,14-,15+,16+,17+,18+,19+,20+,21+,22+,23+,24-,25+,26+,27-,28-,29+,30+,31-,32-,33-,34-,35-,37+/m0/s1. The van der Waals surface area contributed by atoms with Gasteiger partial charge in [0.25, 0.3) is 5.79 Å². The molecule has 29 heteroatoms. The second-order valence-electron chi connectivity index (χ2n) is 16.8. The summed E-state index contributed by atoms with van der Waals surface area (Å²) in [5, 5.41) is 165. The number of carboxylic acid groups (broad SMARTS) is 1. The monoisotopic (exact) mass is 966 g/mol. The minimum Gasteiger partial charge on any atom is -0.477 e. The van der Waals surface area contributed by atoms with E-state index in [9.17, 15) is 91.0 Å². The Hall–Kier alpha value is -2.51. The predicted molar refractivity (Wildman–Crippen MR) is 204 cm³/mol. The van der Waals surface area contributed by atoms with E-state index < -0.39 is 203 Å². The van der Waals surface area contributed by atoms with E-state index in [4.69, 9.17) is 42.6 Å². The molecule has 0 aromatic heterocycles. The number of carbonyl (C=O) groups excluding carboxylic acids is 2. The van der Waals surface area contributed by atoms with Crippen LogP contribution in [0.4, 0.5) is 0 Å². The first-order chi connectivity index (χ1) is 30.9. The quantitative estimate of drug-likeness (QED) is 0.0683. The molecule has 0 unspecified atom stereocenters. The number of hydrogen-bond acceptors (Lipinski definition) is 26. The maximum absolute atomic E-state index is 13.2. The summed E-state index contributed by atoms with van der Waals surface area (Å²) in [6, 6.07) is -3.27. The first-order valence-electron chi connectivity index (χ1n) is 20.9. The van der Waals surface area contributed by atoms with E-state index in [2.05, 4.69) is 10.6 Å². The van der Waals surface area contributed by atoms with E-state index in [0.717, 1.165) is 13.8 Å². The van der Waals surface area contributed by atoms with Gasteiger partial charge in [-0.15, -0.1) is 0 Å². The summed E-state index contributed by atoms with van der Waals surface area (Å²) >= 11 is 0. The number of rotatable bonds is 16. The molecule has 0 aromatic rings. The molecule has 0 saturated carbocycles. The molecular formula is C37H62N2O27. The van der Waals surface area contributed by atoms with Crippen molar-refractivity contribution in [2.75, 3.05) is 19.8 Å². The van der Waals surface area contributed by atoms with E-state index in [1.807, 2.05) is 0 Å². The molecule has 26 atom stereocenters. The zero-order chi connectivity index (χ0) is 49.3. The molecule has 5 saturated heterocycles. The molecule has 29 nitrogen and oxygen atoms in total. The largest absolute Gasteiger partial charge is 0.477 e. The number of ether oxygens (including phenoxy) is 9. The highest BCUT2D eigenvalue weighted by molar-refractivity contribution is 5.76. The Morgan fingerprint density at radius 3 is 1.79 bits per heavy atom. The SMILES string of the molecule is CC(=O)N[C@@H]1[C@@H](O[C@@H]2O[C@H](CO)[C@@H](O)[C@H](O)[C@H]2NC(C)=O)[C@@H](O)[C@@H](CO[C@]2(C(=O)O)C[C@H](O[C@@H]3O[C@@H](C)[C@@H](O)[C@@H](O[C@@H]4O[C@@H](C)[C@@H](O)[C@@H](O)[C@@H]4O)[C@@H]3O)[C@@H](O)[C@H]([C@H](O)[C@H](O)CO)O2)O[C@@H]1O. The summed E-state index contributed by atoms with van der Waals surface area (Å²) < 4.78 is 50.9. The molecule has 66 heavy (non-hydrogen) atoms. The van der Waals surface area contributed by atoms with E-state index in [0.29, 0.717) is 0 Å². The van der Waals surface area contributed by atoms with Crippen LogP contribution in [0, 0.1) is 0 Å². The molecule has 5 heterocycles. The van der Waals surface area contributed by atoms with Crippen LogP contribution in [-0.4, -0.2) is 273 Å². The third-order valence-corrected chi connectivity index (χ3v) is 12.0. The van der Waals surface area contributed by atoms with Crippen molar-refractivity contribution in [2.24, 2.45) is 0 Å². The first kappa shape index (κ1) is 54.4. The van der Waals surface area contributed by atoms with Crippen molar-refractivity contribution in [3.05, 3.63) is 0 Å². The lowest BCUT2D eigenvalue weighted by molar-refractivity contribution is -0.380. The van der Waals surface area contributed by atoms with Crippen LogP contribution in [0.1, 0.15) is 34.1 Å². The van der Waals surface area contributed by atoms with Gasteiger partial charge in [0.1, 0.15) is 110 Å². The number of nitrogens with one attached hydrogen (secondary N) is 2. The van der Waals surface area contributed by atoms with Crippen LogP contribution in [-0.2, 0) is 57.0 Å². The van der Waals surface area contributed by atoms with Crippen LogP contribution in [0.3, 0.4) is 0 Å². The predicted octanol–water partition coefficient (Wildman–Crippen LogP) is -10.4. The third kappa shape index (κ3) is 11.6. The van der Waals surface area contributed by atoms with Gasteiger partial charge in [-0.05, 0) is 13.8 Å². The molecule has 0 aromatic carbocycles. The summed E-state index contributed by atoms with van der Waals surface area (Å²) in [5.41, 5.74) is 0. The van der Waals surface area contributed by atoms with Crippen molar-refractivity contribution in [1.29, 1.82) is 0 Å². The number of carbonyl (C=O) groups is 3. The lowest BCUT2D eigenvalue weighted by atomic mass is 9.90. The molecule has 0 bridgehead atoms. The second kappa shape index (κ2) is 22.5. The van der Waals surface area contributed by atoms with Gasteiger partial charge in [0.2, 0.25) is 11.8 Å². The highest BCUT2D eigenvalue weighted by Crippen LogP contribution is 2.39. The van der Waals surface area contributed by atoms with E-state index in [1.165, 1.54) is 13.8 Å². The molecule has 5 rings (SSSR count). The van der Waals surface area contributed by atoms with Crippen LogP contribution >= 0.6 is 0 Å². The topological polar surface area (TPSA) is 462 Å². The lowest BCUT2D eigenvalue weighted by Gasteiger charge is -2.50. The maximum Gasteiger partial charge on any atom is 0.364 e. The number of amides is 2. The van der Waals surface area contributed by atoms with Crippen LogP contribution in [0.5, 0.6) is 0 Å².